The summed E-state index contributed by atoms with van der Waals surface area (Å²) < 4.78 is 0.859. The van der Waals surface area contributed by atoms with Gasteiger partial charge in [0.15, 0.2) is 0 Å². The summed E-state index contributed by atoms with van der Waals surface area (Å²) in [6, 6.07) is 5.28. The summed E-state index contributed by atoms with van der Waals surface area (Å²) in [6.45, 7) is 2.21. The fourth-order valence-corrected chi connectivity index (χ4v) is 3.98. The van der Waals surface area contributed by atoms with Crippen molar-refractivity contribution in [2.75, 3.05) is 5.88 Å². The standard InChI is InChI=1S/C15H18BrCl2NO/c1-10-3-2-6-15(8-10,9-17)19-14(20)12-5-4-11(16)7-13(12)18/h4-5,7,10H,2-3,6,8-9H2,1H3,(H,19,20). The molecule has 2 nitrogen and oxygen atoms in total. The van der Waals surface area contributed by atoms with Gasteiger partial charge in [-0.05, 0) is 37.0 Å². The second-order valence-corrected chi connectivity index (χ2v) is 7.28. The Bertz CT molecular complexity index is 509. The molecule has 2 atom stereocenters. The molecule has 2 unspecified atom stereocenters. The van der Waals surface area contributed by atoms with Crippen LogP contribution in [0.4, 0.5) is 0 Å². The van der Waals surface area contributed by atoms with E-state index < -0.39 is 0 Å². The van der Waals surface area contributed by atoms with Gasteiger partial charge >= 0.3 is 0 Å². The first-order chi connectivity index (χ1) is 9.46. The SMILES string of the molecule is CC1CCCC(CCl)(NC(=O)c2ccc(Br)cc2Cl)C1. The van der Waals surface area contributed by atoms with Crippen LogP contribution in [0.5, 0.6) is 0 Å². The third kappa shape index (κ3) is 3.69. The molecule has 1 aromatic rings. The molecule has 0 spiro atoms. The van der Waals surface area contributed by atoms with Gasteiger partial charge in [0.25, 0.3) is 5.91 Å². The number of halogens is 3. The lowest BCUT2D eigenvalue weighted by Gasteiger charge is -2.39. The number of hydrogen-bond donors (Lipinski definition) is 1. The smallest absolute Gasteiger partial charge is 0.253 e. The average molecular weight is 379 g/mol. The fourth-order valence-electron chi connectivity index (χ4n) is 2.91. The summed E-state index contributed by atoms with van der Waals surface area (Å²) in [5.41, 5.74) is 0.199. The number of carbonyl (C=O) groups excluding carboxylic acids is 1. The van der Waals surface area contributed by atoms with Gasteiger partial charge in [-0.2, -0.15) is 0 Å². The summed E-state index contributed by atoms with van der Waals surface area (Å²) in [4.78, 5) is 12.4. The Morgan fingerprint density at radius 1 is 1.55 bits per heavy atom. The molecule has 2 rings (SSSR count). The van der Waals surface area contributed by atoms with Gasteiger partial charge in [-0.25, -0.2) is 0 Å². The third-order valence-electron chi connectivity index (χ3n) is 3.90. The molecule has 1 saturated carbocycles. The van der Waals surface area contributed by atoms with E-state index in [-0.39, 0.29) is 11.4 Å². The second-order valence-electron chi connectivity index (χ2n) is 5.69. The molecular formula is C15H18BrCl2NO. The van der Waals surface area contributed by atoms with Crippen molar-refractivity contribution in [2.45, 2.75) is 38.1 Å². The Morgan fingerprint density at radius 2 is 2.30 bits per heavy atom. The van der Waals surface area contributed by atoms with Crippen LogP contribution in [0.1, 0.15) is 43.0 Å². The van der Waals surface area contributed by atoms with Crippen molar-refractivity contribution < 1.29 is 4.79 Å². The van der Waals surface area contributed by atoms with E-state index in [4.69, 9.17) is 23.2 Å². The van der Waals surface area contributed by atoms with Crippen LogP contribution in [-0.4, -0.2) is 17.3 Å². The molecule has 0 saturated heterocycles. The van der Waals surface area contributed by atoms with Crippen molar-refractivity contribution in [1.82, 2.24) is 5.32 Å². The maximum atomic E-state index is 12.4. The molecule has 0 bridgehead atoms. The highest BCUT2D eigenvalue weighted by Gasteiger charge is 2.36. The maximum absolute atomic E-state index is 12.4. The predicted molar refractivity (Wildman–Crippen MR) is 87.7 cm³/mol. The monoisotopic (exact) mass is 377 g/mol. The van der Waals surface area contributed by atoms with Gasteiger partial charge in [0.05, 0.1) is 16.1 Å². The first-order valence-corrected chi connectivity index (χ1v) is 8.50. The quantitative estimate of drug-likeness (QED) is 0.735. The van der Waals surface area contributed by atoms with Crippen LogP contribution in [0.25, 0.3) is 0 Å². The van der Waals surface area contributed by atoms with Crippen molar-refractivity contribution >= 4 is 45.0 Å². The molecule has 20 heavy (non-hydrogen) atoms. The fraction of sp³-hybridized carbons (Fsp3) is 0.533. The minimum atomic E-state index is -0.299. The van der Waals surface area contributed by atoms with Gasteiger partial charge in [-0.1, -0.05) is 47.3 Å². The number of alkyl halides is 1. The second kappa shape index (κ2) is 6.67. The molecule has 1 fully saturated rings. The highest BCUT2D eigenvalue weighted by molar-refractivity contribution is 9.10. The predicted octanol–water partition coefficient (Wildman–Crippen LogP) is 5.02. The molecule has 1 aromatic carbocycles. The molecule has 1 aliphatic carbocycles. The van der Waals surface area contributed by atoms with Crippen LogP contribution in [-0.2, 0) is 0 Å². The number of carbonyl (C=O) groups is 1. The molecule has 110 valence electrons. The van der Waals surface area contributed by atoms with Crippen LogP contribution < -0.4 is 5.32 Å². The third-order valence-corrected chi connectivity index (χ3v) is 5.22. The Hall–Kier alpha value is -0.250. The van der Waals surface area contributed by atoms with Gasteiger partial charge < -0.3 is 5.32 Å². The van der Waals surface area contributed by atoms with E-state index in [1.54, 1.807) is 12.1 Å². The van der Waals surface area contributed by atoms with Crippen LogP contribution in [0, 0.1) is 5.92 Å². The molecule has 1 amide bonds. The van der Waals surface area contributed by atoms with Crippen molar-refractivity contribution in [2.24, 2.45) is 5.92 Å². The van der Waals surface area contributed by atoms with Crippen LogP contribution in [0.3, 0.4) is 0 Å². The van der Waals surface area contributed by atoms with Crippen molar-refractivity contribution in [3.63, 3.8) is 0 Å². The lowest BCUT2D eigenvalue weighted by atomic mass is 9.77. The zero-order chi connectivity index (χ0) is 14.8. The van der Waals surface area contributed by atoms with Gasteiger partial charge in [0.2, 0.25) is 0 Å². The first-order valence-electron chi connectivity index (χ1n) is 6.79. The summed E-state index contributed by atoms with van der Waals surface area (Å²) in [5, 5.41) is 3.57. The Balaban J connectivity index is 2.16. The number of nitrogens with one attached hydrogen (secondary N) is 1. The normalized spacial score (nSPS) is 26.3. The number of amides is 1. The zero-order valence-corrected chi connectivity index (χ0v) is 14.5. The van der Waals surface area contributed by atoms with Crippen LogP contribution in [0.2, 0.25) is 5.02 Å². The van der Waals surface area contributed by atoms with Gasteiger partial charge in [-0.3, -0.25) is 4.79 Å². The highest BCUT2D eigenvalue weighted by Crippen LogP contribution is 2.34. The number of benzene rings is 1. The molecular weight excluding hydrogens is 361 g/mol. The van der Waals surface area contributed by atoms with E-state index >= 15 is 0 Å². The number of rotatable bonds is 3. The number of hydrogen-bond acceptors (Lipinski definition) is 1. The topological polar surface area (TPSA) is 29.1 Å². The van der Waals surface area contributed by atoms with E-state index in [1.165, 1.54) is 6.42 Å². The van der Waals surface area contributed by atoms with Crippen LogP contribution in [0.15, 0.2) is 22.7 Å². The lowest BCUT2D eigenvalue weighted by Crippen LogP contribution is -2.52. The summed E-state index contributed by atoms with van der Waals surface area (Å²) >= 11 is 15.6. The van der Waals surface area contributed by atoms with Gasteiger partial charge in [0.1, 0.15) is 0 Å². The molecule has 0 heterocycles. The maximum Gasteiger partial charge on any atom is 0.253 e. The summed E-state index contributed by atoms with van der Waals surface area (Å²) in [7, 11) is 0. The Morgan fingerprint density at radius 3 is 2.90 bits per heavy atom. The molecule has 5 heteroatoms. The van der Waals surface area contributed by atoms with Gasteiger partial charge in [-0.15, -0.1) is 11.6 Å². The van der Waals surface area contributed by atoms with Crippen molar-refractivity contribution in [3.8, 4) is 0 Å². The molecule has 0 radical (unpaired) electrons. The molecule has 0 aliphatic heterocycles. The van der Waals surface area contributed by atoms with Crippen molar-refractivity contribution in [3.05, 3.63) is 33.3 Å². The minimum absolute atomic E-state index is 0.141. The average Bonchev–Trinajstić information content (AvgIpc) is 2.38. The largest absolute Gasteiger partial charge is 0.345 e. The van der Waals surface area contributed by atoms with Gasteiger partial charge in [0, 0.05) is 10.4 Å². The van der Waals surface area contributed by atoms with E-state index in [9.17, 15) is 4.79 Å². The van der Waals surface area contributed by atoms with Crippen molar-refractivity contribution in [1.29, 1.82) is 0 Å². The molecule has 1 N–H and O–H groups in total. The Kier molecular flexibility index (Phi) is 5.38. The van der Waals surface area contributed by atoms with E-state index in [1.807, 2.05) is 6.07 Å². The summed E-state index contributed by atoms with van der Waals surface area (Å²) in [5.74, 6) is 0.887. The summed E-state index contributed by atoms with van der Waals surface area (Å²) in [6.07, 6.45) is 4.16. The van der Waals surface area contributed by atoms with Crippen LogP contribution >= 0.6 is 39.1 Å². The molecule has 0 aromatic heterocycles. The molecule has 1 aliphatic rings. The Labute approximate surface area is 138 Å². The van der Waals surface area contributed by atoms with E-state index in [0.29, 0.717) is 22.4 Å². The first kappa shape index (κ1) is 16.1. The minimum Gasteiger partial charge on any atom is -0.345 e. The zero-order valence-electron chi connectivity index (χ0n) is 11.4. The lowest BCUT2D eigenvalue weighted by molar-refractivity contribution is 0.0867. The van der Waals surface area contributed by atoms with E-state index in [0.717, 1.165) is 23.7 Å². The highest BCUT2D eigenvalue weighted by atomic mass is 79.9. The van der Waals surface area contributed by atoms with E-state index in [2.05, 4.69) is 28.2 Å².